The molecular formula is C15H25NO2. The van der Waals surface area contributed by atoms with Crippen LogP contribution in [0.15, 0.2) is 24.3 Å². The zero-order chi connectivity index (χ0) is 13.4. The molecule has 1 aromatic rings. The van der Waals surface area contributed by atoms with Gasteiger partial charge in [0.2, 0.25) is 0 Å². The van der Waals surface area contributed by atoms with Gasteiger partial charge in [-0.2, -0.15) is 0 Å². The molecule has 18 heavy (non-hydrogen) atoms. The van der Waals surface area contributed by atoms with Crippen LogP contribution in [0.25, 0.3) is 0 Å². The van der Waals surface area contributed by atoms with Gasteiger partial charge < -0.3 is 14.8 Å². The summed E-state index contributed by atoms with van der Waals surface area (Å²) in [5, 5.41) is 3.29. The highest BCUT2D eigenvalue weighted by Crippen LogP contribution is 2.20. The van der Waals surface area contributed by atoms with E-state index in [0.717, 1.165) is 25.4 Å². The minimum atomic E-state index is 0.157. The zero-order valence-corrected chi connectivity index (χ0v) is 11.9. The van der Waals surface area contributed by atoms with Crippen LogP contribution >= 0.6 is 0 Å². The number of hydrogen-bond acceptors (Lipinski definition) is 3. The first-order chi connectivity index (χ1) is 8.63. The SMILES string of the molecule is COCCNCC(C)Oc1cccc(C(C)C)c1. The van der Waals surface area contributed by atoms with Crippen molar-refractivity contribution in [2.75, 3.05) is 26.8 Å². The Morgan fingerprint density at radius 1 is 1.22 bits per heavy atom. The van der Waals surface area contributed by atoms with Gasteiger partial charge in [-0.25, -0.2) is 0 Å². The maximum absolute atomic E-state index is 5.88. The molecule has 0 bridgehead atoms. The van der Waals surface area contributed by atoms with E-state index in [-0.39, 0.29) is 6.10 Å². The Hall–Kier alpha value is -1.06. The third-order valence-electron chi connectivity index (χ3n) is 2.78. The van der Waals surface area contributed by atoms with Gasteiger partial charge in [-0.05, 0) is 30.5 Å². The fourth-order valence-electron chi connectivity index (χ4n) is 1.70. The van der Waals surface area contributed by atoms with Gasteiger partial charge in [0.15, 0.2) is 0 Å². The second kappa shape index (κ2) is 8.11. The third-order valence-corrected chi connectivity index (χ3v) is 2.78. The van der Waals surface area contributed by atoms with Crippen LogP contribution in [-0.4, -0.2) is 32.9 Å². The summed E-state index contributed by atoms with van der Waals surface area (Å²) in [5.41, 5.74) is 1.31. The van der Waals surface area contributed by atoms with Crippen LogP contribution in [0.2, 0.25) is 0 Å². The molecule has 0 radical (unpaired) electrons. The van der Waals surface area contributed by atoms with Crippen LogP contribution in [-0.2, 0) is 4.74 Å². The first kappa shape index (κ1) is 15.0. The fourth-order valence-corrected chi connectivity index (χ4v) is 1.70. The molecule has 0 aliphatic heterocycles. The van der Waals surface area contributed by atoms with Crippen molar-refractivity contribution in [1.82, 2.24) is 5.32 Å². The summed E-state index contributed by atoms with van der Waals surface area (Å²) in [6, 6.07) is 8.32. The number of hydrogen-bond donors (Lipinski definition) is 1. The summed E-state index contributed by atoms with van der Waals surface area (Å²) in [4.78, 5) is 0. The maximum atomic E-state index is 5.88. The van der Waals surface area contributed by atoms with Crippen molar-refractivity contribution in [3.63, 3.8) is 0 Å². The van der Waals surface area contributed by atoms with E-state index in [1.165, 1.54) is 5.56 Å². The van der Waals surface area contributed by atoms with Crippen molar-refractivity contribution >= 4 is 0 Å². The Kier molecular flexibility index (Phi) is 6.76. The van der Waals surface area contributed by atoms with E-state index in [4.69, 9.17) is 9.47 Å². The molecule has 102 valence electrons. The highest BCUT2D eigenvalue weighted by atomic mass is 16.5. The summed E-state index contributed by atoms with van der Waals surface area (Å²) >= 11 is 0. The molecule has 0 spiro atoms. The Bertz CT molecular complexity index is 339. The van der Waals surface area contributed by atoms with Crippen LogP contribution in [0.5, 0.6) is 5.75 Å². The number of methoxy groups -OCH3 is 1. The van der Waals surface area contributed by atoms with Gasteiger partial charge >= 0.3 is 0 Å². The molecule has 0 aromatic heterocycles. The van der Waals surface area contributed by atoms with Crippen LogP contribution < -0.4 is 10.1 Å². The average molecular weight is 251 g/mol. The zero-order valence-electron chi connectivity index (χ0n) is 11.9. The fraction of sp³-hybridized carbons (Fsp3) is 0.600. The normalized spacial score (nSPS) is 12.7. The first-order valence-corrected chi connectivity index (χ1v) is 6.59. The Morgan fingerprint density at radius 3 is 2.67 bits per heavy atom. The van der Waals surface area contributed by atoms with E-state index in [1.54, 1.807) is 7.11 Å². The molecule has 3 heteroatoms. The molecule has 0 amide bonds. The van der Waals surface area contributed by atoms with Crippen LogP contribution in [0.3, 0.4) is 0 Å². The molecule has 0 saturated heterocycles. The summed E-state index contributed by atoms with van der Waals surface area (Å²) in [6.07, 6.45) is 0.157. The Morgan fingerprint density at radius 2 is 2.00 bits per heavy atom. The number of nitrogens with one attached hydrogen (secondary N) is 1. The number of rotatable bonds is 8. The third kappa shape index (κ3) is 5.52. The van der Waals surface area contributed by atoms with Crippen LogP contribution in [0.1, 0.15) is 32.3 Å². The van der Waals surface area contributed by atoms with Gasteiger partial charge in [0.25, 0.3) is 0 Å². The van der Waals surface area contributed by atoms with E-state index in [0.29, 0.717) is 5.92 Å². The second-order valence-electron chi connectivity index (χ2n) is 4.85. The molecule has 1 unspecified atom stereocenters. The van der Waals surface area contributed by atoms with Crippen molar-refractivity contribution in [3.8, 4) is 5.75 Å². The predicted molar refractivity (Wildman–Crippen MR) is 75.4 cm³/mol. The summed E-state index contributed by atoms with van der Waals surface area (Å²) in [5.74, 6) is 1.48. The lowest BCUT2D eigenvalue weighted by atomic mass is 10.0. The summed E-state index contributed by atoms with van der Waals surface area (Å²) < 4.78 is 10.9. The van der Waals surface area contributed by atoms with Gasteiger partial charge in [0.05, 0.1) is 6.61 Å². The number of ether oxygens (including phenoxy) is 2. The summed E-state index contributed by atoms with van der Waals surface area (Å²) in [6.45, 7) is 8.87. The lowest BCUT2D eigenvalue weighted by Gasteiger charge is -2.16. The van der Waals surface area contributed by atoms with Crippen molar-refractivity contribution in [2.45, 2.75) is 32.8 Å². The van der Waals surface area contributed by atoms with E-state index in [2.05, 4.69) is 44.3 Å². The highest BCUT2D eigenvalue weighted by Gasteiger charge is 2.05. The molecule has 0 aliphatic rings. The maximum Gasteiger partial charge on any atom is 0.120 e. The predicted octanol–water partition coefficient (Wildman–Crippen LogP) is 2.81. The Labute approximate surface area is 110 Å². The van der Waals surface area contributed by atoms with Gasteiger partial charge in [0.1, 0.15) is 11.9 Å². The smallest absolute Gasteiger partial charge is 0.120 e. The quantitative estimate of drug-likeness (QED) is 0.721. The van der Waals surface area contributed by atoms with E-state index < -0.39 is 0 Å². The molecule has 0 saturated carbocycles. The number of benzene rings is 1. The van der Waals surface area contributed by atoms with Gasteiger partial charge in [-0.15, -0.1) is 0 Å². The minimum Gasteiger partial charge on any atom is -0.489 e. The molecule has 0 heterocycles. The average Bonchev–Trinajstić information content (AvgIpc) is 2.35. The van der Waals surface area contributed by atoms with E-state index >= 15 is 0 Å². The molecule has 1 atom stereocenters. The van der Waals surface area contributed by atoms with E-state index in [9.17, 15) is 0 Å². The molecule has 0 aliphatic carbocycles. The summed E-state index contributed by atoms with van der Waals surface area (Å²) in [7, 11) is 1.71. The Balaban J connectivity index is 2.39. The molecule has 3 nitrogen and oxygen atoms in total. The monoisotopic (exact) mass is 251 g/mol. The second-order valence-corrected chi connectivity index (χ2v) is 4.85. The standard InChI is InChI=1S/C15H25NO2/c1-12(2)14-6-5-7-15(10-14)18-13(3)11-16-8-9-17-4/h5-7,10,12-13,16H,8-9,11H2,1-4H3. The van der Waals surface area contributed by atoms with Gasteiger partial charge in [0, 0.05) is 20.2 Å². The molecule has 0 fully saturated rings. The molecular weight excluding hydrogens is 226 g/mol. The van der Waals surface area contributed by atoms with Crippen molar-refractivity contribution in [3.05, 3.63) is 29.8 Å². The lowest BCUT2D eigenvalue weighted by molar-refractivity contribution is 0.184. The topological polar surface area (TPSA) is 30.5 Å². The molecule has 1 aromatic carbocycles. The van der Waals surface area contributed by atoms with Crippen LogP contribution in [0, 0.1) is 0 Å². The van der Waals surface area contributed by atoms with Crippen molar-refractivity contribution < 1.29 is 9.47 Å². The van der Waals surface area contributed by atoms with E-state index in [1.807, 2.05) is 6.07 Å². The van der Waals surface area contributed by atoms with Crippen molar-refractivity contribution in [1.29, 1.82) is 0 Å². The lowest BCUT2D eigenvalue weighted by Crippen LogP contribution is -2.31. The largest absolute Gasteiger partial charge is 0.489 e. The van der Waals surface area contributed by atoms with Crippen LogP contribution in [0.4, 0.5) is 0 Å². The minimum absolute atomic E-state index is 0.157. The molecule has 1 rings (SSSR count). The van der Waals surface area contributed by atoms with Gasteiger partial charge in [-0.1, -0.05) is 26.0 Å². The van der Waals surface area contributed by atoms with Gasteiger partial charge in [-0.3, -0.25) is 0 Å². The first-order valence-electron chi connectivity index (χ1n) is 6.59. The van der Waals surface area contributed by atoms with Crippen molar-refractivity contribution in [2.24, 2.45) is 0 Å². The highest BCUT2D eigenvalue weighted by molar-refractivity contribution is 5.30. The molecule has 1 N–H and O–H groups in total.